The Balaban J connectivity index is 1.36. The van der Waals surface area contributed by atoms with E-state index in [1.54, 1.807) is 23.0 Å². The SMILES string of the molecule is Nc1ccccc1C(=O)NS(=O)(=O)OC[C@@H]1CC[C@H](n2cnc3c(N)ncnc32)O1. The zero-order valence-corrected chi connectivity index (χ0v) is 16.4. The number of nitrogens with one attached hydrogen (secondary N) is 1. The Morgan fingerprint density at radius 2 is 2.03 bits per heavy atom. The van der Waals surface area contributed by atoms with Gasteiger partial charge in [0.2, 0.25) is 0 Å². The lowest BCUT2D eigenvalue weighted by Gasteiger charge is -2.15. The van der Waals surface area contributed by atoms with Gasteiger partial charge in [0.15, 0.2) is 11.5 Å². The van der Waals surface area contributed by atoms with Crippen molar-refractivity contribution in [1.29, 1.82) is 0 Å². The van der Waals surface area contributed by atoms with E-state index in [0.717, 1.165) is 0 Å². The second kappa shape index (κ2) is 7.85. The fourth-order valence-electron chi connectivity index (χ4n) is 3.16. The highest BCUT2D eigenvalue weighted by Crippen LogP contribution is 2.31. The lowest BCUT2D eigenvalue weighted by Crippen LogP contribution is -2.34. The first-order chi connectivity index (χ1) is 14.3. The van der Waals surface area contributed by atoms with Crippen molar-refractivity contribution in [3.63, 3.8) is 0 Å². The smallest absolute Gasteiger partial charge is 0.362 e. The Morgan fingerprint density at radius 3 is 2.83 bits per heavy atom. The third-order valence-corrected chi connectivity index (χ3v) is 5.50. The van der Waals surface area contributed by atoms with Gasteiger partial charge in [0.1, 0.15) is 18.1 Å². The highest BCUT2D eigenvalue weighted by molar-refractivity contribution is 7.85. The fourth-order valence-corrected chi connectivity index (χ4v) is 3.89. The minimum Gasteiger partial charge on any atom is -0.398 e. The lowest BCUT2D eigenvalue weighted by molar-refractivity contribution is -0.0151. The van der Waals surface area contributed by atoms with E-state index in [-0.39, 0.29) is 23.7 Å². The number of rotatable bonds is 6. The van der Waals surface area contributed by atoms with Crippen molar-refractivity contribution in [2.45, 2.75) is 25.2 Å². The first kappa shape index (κ1) is 20.0. The maximum Gasteiger partial charge on any atom is 0.362 e. The Kier molecular flexibility index (Phi) is 5.24. The summed E-state index contributed by atoms with van der Waals surface area (Å²) in [5, 5.41) is 0. The summed E-state index contributed by atoms with van der Waals surface area (Å²) >= 11 is 0. The van der Waals surface area contributed by atoms with Gasteiger partial charge < -0.3 is 16.2 Å². The average molecular weight is 433 g/mol. The van der Waals surface area contributed by atoms with Gasteiger partial charge in [-0.1, -0.05) is 12.1 Å². The highest BCUT2D eigenvalue weighted by Gasteiger charge is 2.30. The van der Waals surface area contributed by atoms with Gasteiger partial charge in [0.25, 0.3) is 5.91 Å². The minimum absolute atomic E-state index is 0.0371. The highest BCUT2D eigenvalue weighted by atomic mass is 32.2. The van der Waals surface area contributed by atoms with E-state index >= 15 is 0 Å². The molecule has 1 fully saturated rings. The minimum atomic E-state index is -4.34. The third-order valence-electron chi connectivity index (χ3n) is 4.61. The van der Waals surface area contributed by atoms with Gasteiger partial charge in [0.05, 0.1) is 24.6 Å². The summed E-state index contributed by atoms with van der Waals surface area (Å²) in [7, 11) is -4.34. The van der Waals surface area contributed by atoms with Crippen LogP contribution in [0.1, 0.15) is 29.4 Å². The number of carbonyl (C=O) groups excluding carboxylic acids is 1. The molecule has 1 saturated heterocycles. The van der Waals surface area contributed by atoms with Gasteiger partial charge >= 0.3 is 10.3 Å². The van der Waals surface area contributed by atoms with Crippen LogP contribution in [0.4, 0.5) is 11.5 Å². The maximum absolute atomic E-state index is 12.1. The number of hydrogen-bond acceptors (Lipinski definition) is 10. The Hall–Kier alpha value is -3.29. The van der Waals surface area contributed by atoms with Gasteiger partial charge in [-0.2, -0.15) is 8.42 Å². The molecule has 0 spiro atoms. The molecule has 1 amide bonds. The van der Waals surface area contributed by atoms with Crippen molar-refractivity contribution < 1.29 is 22.1 Å². The standard InChI is InChI=1S/C17H19N7O5S/c18-12-4-2-1-3-11(12)17(25)23-30(26,27)28-7-10-5-6-13(29-10)24-9-22-14-15(19)20-8-21-16(14)24/h1-4,8-10,13H,5-7,18H2,(H,23,25)(H2,19,20,21)/t10-,13+/m0/s1. The Labute approximate surface area is 171 Å². The number of para-hydroxylation sites is 1. The molecule has 30 heavy (non-hydrogen) atoms. The van der Waals surface area contributed by atoms with E-state index < -0.39 is 28.5 Å². The number of nitrogen functional groups attached to an aromatic ring is 2. The number of fused-ring (bicyclic) bond motifs is 1. The fraction of sp³-hybridized carbons (Fsp3) is 0.294. The molecule has 12 nitrogen and oxygen atoms in total. The normalized spacial score (nSPS) is 19.2. The van der Waals surface area contributed by atoms with Gasteiger partial charge in [-0.15, -0.1) is 0 Å². The van der Waals surface area contributed by atoms with Gasteiger partial charge in [0, 0.05) is 5.69 Å². The first-order valence-electron chi connectivity index (χ1n) is 8.98. The molecule has 0 bridgehead atoms. The molecule has 3 aromatic rings. The van der Waals surface area contributed by atoms with E-state index in [2.05, 4.69) is 15.0 Å². The summed E-state index contributed by atoms with van der Waals surface area (Å²) in [5.74, 6) is -0.613. The van der Waals surface area contributed by atoms with E-state index in [1.165, 1.54) is 18.5 Å². The number of carbonyl (C=O) groups is 1. The van der Waals surface area contributed by atoms with Crippen LogP contribution in [0.15, 0.2) is 36.9 Å². The third kappa shape index (κ3) is 4.03. The van der Waals surface area contributed by atoms with Crippen LogP contribution in [0.5, 0.6) is 0 Å². The van der Waals surface area contributed by atoms with Gasteiger partial charge in [-0.3, -0.25) is 13.5 Å². The van der Waals surface area contributed by atoms with Crippen molar-refractivity contribution in [2.24, 2.45) is 0 Å². The summed E-state index contributed by atoms with van der Waals surface area (Å²) in [4.78, 5) is 24.4. The molecule has 13 heteroatoms. The molecule has 3 heterocycles. The van der Waals surface area contributed by atoms with Crippen molar-refractivity contribution in [1.82, 2.24) is 24.2 Å². The second-order valence-corrected chi connectivity index (χ2v) is 7.98. The van der Waals surface area contributed by atoms with Gasteiger partial charge in [-0.05, 0) is 25.0 Å². The number of hydrogen-bond donors (Lipinski definition) is 3. The number of aromatic nitrogens is 4. The average Bonchev–Trinajstić information content (AvgIpc) is 3.34. The van der Waals surface area contributed by atoms with Crippen LogP contribution in [0.2, 0.25) is 0 Å². The topological polar surface area (TPSA) is 177 Å². The van der Waals surface area contributed by atoms with Crippen molar-refractivity contribution in [2.75, 3.05) is 18.1 Å². The molecular weight excluding hydrogens is 414 g/mol. The van der Waals surface area contributed by atoms with Crippen molar-refractivity contribution in [3.8, 4) is 0 Å². The quantitative estimate of drug-likeness (QED) is 0.460. The Bertz CT molecular complexity index is 1200. The predicted molar refractivity (Wildman–Crippen MR) is 106 cm³/mol. The molecule has 0 radical (unpaired) electrons. The van der Waals surface area contributed by atoms with Crippen LogP contribution in [0, 0.1) is 0 Å². The zero-order valence-electron chi connectivity index (χ0n) is 15.6. The molecular formula is C17H19N7O5S. The molecule has 0 unspecified atom stereocenters. The van der Waals surface area contributed by atoms with E-state index in [0.29, 0.717) is 24.0 Å². The summed E-state index contributed by atoms with van der Waals surface area (Å²) < 4.78 is 38.5. The lowest BCUT2D eigenvalue weighted by atomic mass is 10.2. The van der Waals surface area contributed by atoms with Crippen molar-refractivity contribution >= 4 is 38.9 Å². The second-order valence-electron chi connectivity index (χ2n) is 6.63. The number of anilines is 2. The molecule has 0 saturated carbocycles. The number of nitrogens with two attached hydrogens (primary N) is 2. The molecule has 0 aliphatic carbocycles. The zero-order chi connectivity index (χ0) is 21.3. The van der Waals surface area contributed by atoms with Crippen LogP contribution < -0.4 is 16.2 Å². The molecule has 2 aromatic heterocycles. The van der Waals surface area contributed by atoms with Crippen LogP contribution in [-0.4, -0.2) is 46.6 Å². The molecule has 5 N–H and O–H groups in total. The predicted octanol–water partition coefficient (Wildman–Crippen LogP) is 0.360. The Morgan fingerprint density at radius 1 is 1.23 bits per heavy atom. The number of benzene rings is 1. The van der Waals surface area contributed by atoms with Crippen LogP contribution in [0.25, 0.3) is 11.2 Å². The summed E-state index contributed by atoms with van der Waals surface area (Å²) in [6.45, 7) is -0.257. The summed E-state index contributed by atoms with van der Waals surface area (Å²) in [5.41, 5.74) is 12.6. The summed E-state index contributed by atoms with van der Waals surface area (Å²) in [6.07, 6.45) is 3.11. The summed E-state index contributed by atoms with van der Waals surface area (Å²) in [6, 6.07) is 6.11. The van der Waals surface area contributed by atoms with Crippen LogP contribution >= 0.6 is 0 Å². The number of nitrogens with zero attached hydrogens (tertiary/aromatic N) is 4. The molecule has 4 rings (SSSR count). The maximum atomic E-state index is 12.1. The van der Waals surface area contributed by atoms with Crippen LogP contribution in [-0.2, 0) is 19.2 Å². The van der Waals surface area contributed by atoms with Gasteiger partial charge in [-0.25, -0.2) is 19.7 Å². The number of amides is 1. The molecule has 1 aromatic carbocycles. The number of imidazole rings is 1. The molecule has 158 valence electrons. The molecule has 2 atom stereocenters. The van der Waals surface area contributed by atoms with E-state index in [1.807, 2.05) is 4.72 Å². The van der Waals surface area contributed by atoms with Crippen LogP contribution in [0.3, 0.4) is 0 Å². The van der Waals surface area contributed by atoms with Crippen molar-refractivity contribution in [3.05, 3.63) is 42.5 Å². The molecule has 1 aliphatic heterocycles. The monoisotopic (exact) mass is 433 g/mol. The van der Waals surface area contributed by atoms with E-state index in [4.69, 9.17) is 20.4 Å². The largest absolute Gasteiger partial charge is 0.398 e. The van der Waals surface area contributed by atoms with E-state index in [9.17, 15) is 13.2 Å². The number of ether oxygens (including phenoxy) is 1. The first-order valence-corrected chi connectivity index (χ1v) is 10.4. The molecule has 1 aliphatic rings.